The summed E-state index contributed by atoms with van der Waals surface area (Å²) in [6, 6.07) is 0. The third kappa shape index (κ3) is 1.43. The molecule has 1 fully saturated rings. The van der Waals surface area contributed by atoms with E-state index in [1.54, 1.807) is 0 Å². The minimum Gasteiger partial charge on any atom is -0.207 e. The van der Waals surface area contributed by atoms with E-state index in [0.717, 1.165) is 0 Å². The molecule has 0 aromatic rings. The first-order valence-electron chi connectivity index (χ1n) is 2.64. The SMILES string of the molecule is [O]S(=O)(=O)C1CC(F)(F)C1. The van der Waals surface area contributed by atoms with Crippen LogP contribution in [0.5, 0.6) is 0 Å². The van der Waals surface area contributed by atoms with Crippen molar-refractivity contribution < 1.29 is 21.8 Å². The highest BCUT2D eigenvalue weighted by Crippen LogP contribution is 2.40. The molecule has 1 aliphatic carbocycles. The number of hydrogen-bond acceptors (Lipinski definition) is 2. The van der Waals surface area contributed by atoms with Crippen LogP contribution in [0.1, 0.15) is 12.8 Å². The van der Waals surface area contributed by atoms with Gasteiger partial charge in [-0.15, -0.1) is 0 Å². The fourth-order valence-corrected chi connectivity index (χ4v) is 1.71. The summed E-state index contributed by atoms with van der Waals surface area (Å²) < 4.78 is 53.9. The molecule has 10 heavy (non-hydrogen) atoms. The van der Waals surface area contributed by atoms with E-state index in [1.165, 1.54) is 0 Å². The Kier molecular flexibility index (Phi) is 1.48. The highest BCUT2D eigenvalue weighted by Gasteiger charge is 2.51. The molecule has 6 heteroatoms. The van der Waals surface area contributed by atoms with Gasteiger partial charge in [0.2, 0.25) is 0 Å². The second-order valence-electron chi connectivity index (χ2n) is 2.38. The lowest BCUT2D eigenvalue weighted by molar-refractivity contribution is -0.0703. The summed E-state index contributed by atoms with van der Waals surface area (Å²) in [5.41, 5.74) is 0. The van der Waals surface area contributed by atoms with Gasteiger partial charge in [-0.25, -0.2) is 8.78 Å². The topological polar surface area (TPSA) is 54.0 Å². The summed E-state index contributed by atoms with van der Waals surface area (Å²) >= 11 is 0. The van der Waals surface area contributed by atoms with Crippen molar-refractivity contribution in [1.82, 2.24) is 0 Å². The third-order valence-electron chi connectivity index (χ3n) is 1.46. The molecule has 0 aliphatic heterocycles. The van der Waals surface area contributed by atoms with Crippen LogP contribution < -0.4 is 0 Å². The summed E-state index contributed by atoms with van der Waals surface area (Å²) in [5.74, 6) is -2.93. The highest BCUT2D eigenvalue weighted by molar-refractivity contribution is 7.86. The Morgan fingerprint density at radius 3 is 1.80 bits per heavy atom. The maximum Gasteiger partial charge on any atom is 0.297 e. The molecule has 0 saturated heterocycles. The van der Waals surface area contributed by atoms with Gasteiger partial charge < -0.3 is 0 Å². The van der Waals surface area contributed by atoms with E-state index in [9.17, 15) is 21.8 Å². The molecule has 59 valence electrons. The van der Waals surface area contributed by atoms with Crippen LogP contribution in [0.2, 0.25) is 0 Å². The van der Waals surface area contributed by atoms with Crippen LogP contribution in [-0.2, 0) is 14.7 Å². The zero-order valence-electron chi connectivity index (χ0n) is 4.88. The quantitative estimate of drug-likeness (QED) is 0.578. The predicted octanol–water partition coefficient (Wildman–Crippen LogP) is 0.544. The first-order valence-corrected chi connectivity index (χ1v) is 4.11. The van der Waals surface area contributed by atoms with Crippen molar-refractivity contribution in [3.8, 4) is 0 Å². The van der Waals surface area contributed by atoms with Gasteiger partial charge >= 0.3 is 0 Å². The van der Waals surface area contributed by atoms with Crippen molar-refractivity contribution in [2.45, 2.75) is 24.0 Å². The van der Waals surface area contributed by atoms with Crippen LogP contribution >= 0.6 is 0 Å². The molecule has 1 saturated carbocycles. The summed E-state index contributed by atoms with van der Waals surface area (Å²) in [5, 5.41) is -1.36. The predicted molar refractivity (Wildman–Crippen MR) is 27.6 cm³/mol. The number of alkyl halides is 2. The zero-order valence-corrected chi connectivity index (χ0v) is 5.70. The van der Waals surface area contributed by atoms with E-state index in [2.05, 4.69) is 0 Å². The van der Waals surface area contributed by atoms with Crippen LogP contribution in [0, 0.1) is 0 Å². The van der Waals surface area contributed by atoms with Crippen molar-refractivity contribution in [2.24, 2.45) is 0 Å². The van der Waals surface area contributed by atoms with Crippen LogP contribution in [0.3, 0.4) is 0 Å². The van der Waals surface area contributed by atoms with Crippen molar-refractivity contribution >= 4 is 10.1 Å². The van der Waals surface area contributed by atoms with Gasteiger partial charge in [0.25, 0.3) is 16.0 Å². The standard InChI is InChI=1S/C4H5F2O3S/c5-4(6)1-3(2-4)10(7,8)9/h3H,1-2H2. The average Bonchev–Trinajstić information content (AvgIpc) is 1.56. The normalized spacial score (nSPS) is 25.9. The van der Waals surface area contributed by atoms with E-state index in [4.69, 9.17) is 0 Å². The van der Waals surface area contributed by atoms with Gasteiger partial charge in [0.05, 0.1) is 0 Å². The lowest BCUT2D eigenvalue weighted by Gasteiger charge is -2.31. The Balaban J connectivity index is 2.57. The van der Waals surface area contributed by atoms with Gasteiger partial charge in [-0.3, -0.25) is 0 Å². The molecule has 1 aliphatic rings. The number of rotatable bonds is 1. The third-order valence-corrected chi connectivity index (χ3v) is 2.61. The first kappa shape index (κ1) is 7.87. The maximum absolute atomic E-state index is 11.9. The summed E-state index contributed by atoms with van der Waals surface area (Å²) in [4.78, 5) is 0. The van der Waals surface area contributed by atoms with E-state index in [-0.39, 0.29) is 0 Å². The van der Waals surface area contributed by atoms with Crippen molar-refractivity contribution in [3.63, 3.8) is 0 Å². The first-order chi connectivity index (χ1) is 4.31. The van der Waals surface area contributed by atoms with Crippen LogP contribution in [-0.4, -0.2) is 19.6 Å². The van der Waals surface area contributed by atoms with Crippen LogP contribution in [0.15, 0.2) is 0 Å². The smallest absolute Gasteiger partial charge is 0.207 e. The molecule has 1 radical (unpaired) electrons. The van der Waals surface area contributed by atoms with Crippen molar-refractivity contribution in [3.05, 3.63) is 0 Å². The molecule has 0 heterocycles. The summed E-state index contributed by atoms with van der Waals surface area (Å²) in [6.07, 6.45) is -1.61. The Morgan fingerprint density at radius 1 is 1.30 bits per heavy atom. The van der Waals surface area contributed by atoms with E-state index >= 15 is 0 Å². The minimum absolute atomic E-state index is 0.807. The molecular formula is C4H5F2O3S. The molecule has 0 aromatic carbocycles. The zero-order chi connectivity index (χ0) is 7.99. The molecule has 0 spiro atoms. The Bertz CT molecular complexity index is 225. The number of halogens is 2. The van der Waals surface area contributed by atoms with Crippen molar-refractivity contribution in [1.29, 1.82) is 0 Å². The monoisotopic (exact) mass is 171 g/mol. The molecule has 0 unspecified atom stereocenters. The second-order valence-corrected chi connectivity index (χ2v) is 4.03. The minimum atomic E-state index is -4.47. The molecule has 3 nitrogen and oxygen atoms in total. The van der Waals surface area contributed by atoms with Crippen LogP contribution in [0.4, 0.5) is 8.78 Å². The largest absolute Gasteiger partial charge is 0.297 e. The van der Waals surface area contributed by atoms with Gasteiger partial charge in [-0.2, -0.15) is 8.42 Å². The van der Waals surface area contributed by atoms with Gasteiger partial charge in [-0.1, -0.05) is 4.55 Å². The van der Waals surface area contributed by atoms with Gasteiger partial charge in [0.1, 0.15) is 5.25 Å². The highest BCUT2D eigenvalue weighted by atomic mass is 32.2. The fourth-order valence-electron chi connectivity index (χ4n) is 0.811. The Hall–Kier alpha value is -0.230. The van der Waals surface area contributed by atoms with Gasteiger partial charge in [-0.05, 0) is 0 Å². The lowest BCUT2D eigenvalue weighted by Crippen LogP contribution is -2.43. The Labute approximate surface area is 56.8 Å². The lowest BCUT2D eigenvalue weighted by atomic mass is 9.94. The molecule has 0 amide bonds. The molecule has 1 rings (SSSR count). The number of hydrogen-bond donors (Lipinski definition) is 0. The van der Waals surface area contributed by atoms with Gasteiger partial charge in [0, 0.05) is 12.8 Å². The summed E-state index contributed by atoms with van der Waals surface area (Å²) in [6.45, 7) is 0. The molecule has 0 bridgehead atoms. The summed E-state index contributed by atoms with van der Waals surface area (Å²) in [7, 11) is -4.47. The molecule has 0 atom stereocenters. The van der Waals surface area contributed by atoms with E-state index in [0.29, 0.717) is 0 Å². The van der Waals surface area contributed by atoms with E-state index < -0.39 is 34.1 Å². The Morgan fingerprint density at radius 2 is 1.70 bits per heavy atom. The molecular weight excluding hydrogens is 166 g/mol. The van der Waals surface area contributed by atoms with Crippen molar-refractivity contribution in [2.75, 3.05) is 0 Å². The second kappa shape index (κ2) is 1.88. The average molecular weight is 171 g/mol. The van der Waals surface area contributed by atoms with Crippen LogP contribution in [0.25, 0.3) is 0 Å². The van der Waals surface area contributed by atoms with E-state index in [1.807, 2.05) is 0 Å². The fraction of sp³-hybridized carbons (Fsp3) is 1.00. The molecule has 0 aromatic heterocycles. The maximum atomic E-state index is 11.9. The van der Waals surface area contributed by atoms with Gasteiger partial charge in [0.15, 0.2) is 0 Å². The molecule has 0 N–H and O–H groups in total.